The molecule has 1 aliphatic rings. The highest BCUT2D eigenvalue weighted by Gasteiger charge is 2.15. The van der Waals surface area contributed by atoms with Gasteiger partial charge < -0.3 is 10.2 Å². The number of anilines is 2. The summed E-state index contributed by atoms with van der Waals surface area (Å²) in [7, 11) is 0. The largest absolute Gasteiger partial charge is 0.380 e. The summed E-state index contributed by atoms with van der Waals surface area (Å²) >= 11 is 7.09. The lowest BCUT2D eigenvalue weighted by Gasteiger charge is -2.22. The summed E-state index contributed by atoms with van der Waals surface area (Å²) in [6.07, 6.45) is 2.61. The van der Waals surface area contributed by atoms with Crippen molar-refractivity contribution in [3.8, 4) is 0 Å². The van der Waals surface area contributed by atoms with Gasteiger partial charge in [-0.2, -0.15) is 0 Å². The smallest absolute Gasteiger partial charge is 0.0488 e. The van der Waals surface area contributed by atoms with Gasteiger partial charge in [-0.15, -0.1) is 0 Å². The second kappa shape index (κ2) is 6.84. The van der Waals surface area contributed by atoms with Gasteiger partial charge >= 0.3 is 0 Å². The van der Waals surface area contributed by atoms with Crippen molar-refractivity contribution in [1.82, 2.24) is 0 Å². The molecule has 2 aromatic rings. The van der Waals surface area contributed by atoms with E-state index in [1.54, 1.807) is 0 Å². The van der Waals surface area contributed by atoms with Gasteiger partial charge in [0.1, 0.15) is 0 Å². The lowest BCUT2D eigenvalue weighted by molar-refractivity contribution is 0.949. The molecular weight excluding hydrogens is 392 g/mol. The van der Waals surface area contributed by atoms with Gasteiger partial charge in [-0.3, -0.25) is 0 Å². The van der Waals surface area contributed by atoms with E-state index >= 15 is 0 Å². The summed E-state index contributed by atoms with van der Waals surface area (Å²) in [6, 6.07) is 14.9. The molecule has 4 heteroatoms. The molecule has 0 aromatic heterocycles. The van der Waals surface area contributed by atoms with Crippen molar-refractivity contribution in [2.24, 2.45) is 0 Å². The van der Waals surface area contributed by atoms with Crippen molar-refractivity contribution in [3.63, 3.8) is 0 Å². The van der Waals surface area contributed by atoms with Crippen LogP contribution >= 0.6 is 31.9 Å². The number of para-hydroxylation sites is 1. The second-order valence-electron chi connectivity index (χ2n) is 5.30. The molecule has 2 nitrogen and oxygen atoms in total. The van der Waals surface area contributed by atoms with Gasteiger partial charge in [-0.25, -0.2) is 0 Å². The number of nitrogens with zero attached hydrogens (tertiary/aromatic N) is 1. The Morgan fingerprint density at radius 3 is 2.52 bits per heavy atom. The predicted octanol–water partition coefficient (Wildman–Crippen LogP) is 5.42. The molecule has 0 radical (unpaired) electrons. The van der Waals surface area contributed by atoms with E-state index in [0.717, 1.165) is 21.2 Å². The zero-order chi connectivity index (χ0) is 14.7. The summed E-state index contributed by atoms with van der Waals surface area (Å²) < 4.78 is 2.16. The van der Waals surface area contributed by atoms with E-state index in [1.807, 2.05) is 0 Å². The lowest BCUT2D eigenvalue weighted by atomic mass is 10.1. The minimum atomic E-state index is 0.840. The number of rotatable bonds is 4. The molecule has 2 aromatic carbocycles. The Morgan fingerprint density at radius 2 is 1.76 bits per heavy atom. The van der Waals surface area contributed by atoms with E-state index in [4.69, 9.17) is 0 Å². The van der Waals surface area contributed by atoms with Crippen molar-refractivity contribution in [1.29, 1.82) is 0 Å². The third-order valence-electron chi connectivity index (χ3n) is 3.84. The van der Waals surface area contributed by atoms with Crippen LogP contribution in [0.4, 0.5) is 11.4 Å². The Bertz CT molecular complexity index is 622. The van der Waals surface area contributed by atoms with Gasteiger partial charge in [0.25, 0.3) is 0 Å². The molecular formula is C17H18Br2N2. The standard InChI is InChI=1S/C17H18Br2N2/c18-14-7-8-16(15(19)11-14)20-12-13-5-1-2-6-17(13)21-9-3-4-10-21/h1-2,5-8,11,20H,3-4,9-10,12H2. The topological polar surface area (TPSA) is 15.3 Å². The Labute approximate surface area is 142 Å². The summed E-state index contributed by atoms with van der Waals surface area (Å²) in [6.45, 7) is 3.20. The Balaban J connectivity index is 1.75. The highest BCUT2D eigenvalue weighted by Crippen LogP contribution is 2.29. The molecule has 1 heterocycles. The number of halogens is 2. The molecule has 1 N–H and O–H groups in total. The number of benzene rings is 2. The molecule has 1 aliphatic heterocycles. The van der Waals surface area contributed by atoms with E-state index < -0.39 is 0 Å². The first-order chi connectivity index (χ1) is 10.2. The molecule has 0 amide bonds. The third kappa shape index (κ3) is 3.61. The van der Waals surface area contributed by atoms with Crippen LogP contribution in [0.1, 0.15) is 18.4 Å². The fourth-order valence-corrected chi connectivity index (χ4v) is 3.94. The molecule has 1 fully saturated rings. The molecule has 0 spiro atoms. The summed E-state index contributed by atoms with van der Waals surface area (Å²) in [4.78, 5) is 2.49. The molecule has 3 rings (SSSR count). The van der Waals surface area contributed by atoms with Crippen LogP contribution in [0.3, 0.4) is 0 Å². The molecule has 0 aliphatic carbocycles. The molecule has 21 heavy (non-hydrogen) atoms. The average molecular weight is 410 g/mol. The van der Waals surface area contributed by atoms with Gasteiger partial charge in [-0.1, -0.05) is 34.1 Å². The fourth-order valence-electron chi connectivity index (χ4n) is 2.75. The van der Waals surface area contributed by atoms with Crippen LogP contribution in [0.15, 0.2) is 51.4 Å². The first-order valence-electron chi connectivity index (χ1n) is 7.26. The average Bonchev–Trinajstić information content (AvgIpc) is 3.01. The van der Waals surface area contributed by atoms with Crippen LogP contribution in [-0.4, -0.2) is 13.1 Å². The maximum atomic E-state index is 3.60. The van der Waals surface area contributed by atoms with Gasteiger partial charge in [0.05, 0.1) is 0 Å². The van der Waals surface area contributed by atoms with Gasteiger partial charge in [-0.05, 0) is 58.6 Å². The quantitative estimate of drug-likeness (QED) is 0.724. The van der Waals surface area contributed by atoms with Crippen LogP contribution in [0.25, 0.3) is 0 Å². The van der Waals surface area contributed by atoms with Crippen LogP contribution in [-0.2, 0) is 6.54 Å². The third-order valence-corrected chi connectivity index (χ3v) is 4.99. The molecule has 0 saturated carbocycles. The van der Waals surface area contributed by atoms with E-state index in [-0.39, 0.29) is 0 Å². The predicted molar refractivity (Wildman–Crippen MR) is 97.1 cm³/mol. The minimum absolute atomic E-state index is 0.840. The maximum Gasteiger partial charge on any atom is 0.0488 e. The zero-order valence-corrected chi connectivity index (χ0v) is 15.0. The number of hydrogen-bond acceptors (Lipinski definition) is 2. The first kappa shape index (κ1) is 14.9. The number of nitrogens with one attached hydrogen (secondary N) is 1. The SMILES string of the molecule is Brc1ccc(NCc2ccccc2N2CCCC2)c(Br)c1. The Kier molecular flexibility index (Phi) is 4.86. The normalized spacial score (nSPS) is 14.5. The van der Waals surface area contributed by atoms with Crippen molar-refractivity contribution in [3.05, 3.63) is 57.0 Å². The second-order valence-corrected chi connectivity index (χ2v) is 7.07. The summed E-state index contributed by atoms with van der Waals surface area (Å²) in [5.41, 5.74) is 3.85. The Morgan fingerprint density at radius 1 is 1.00 bits per heavy atom. The van der Waals surface area contributed by atoms with Crippen LogP contribution in [0.5, 0.6) is 0 Å². The van der Waals surface area contributed by atoms with Crippen molar-refractivity contribution < 1.29 is 0 Å². The molecule has 0 unspecified atom stereocenters. The molecule has 0 bridgehead atoms. The van der Waals surface area contributed by atoms with Gasteiger partial charge in [0, 0.05) is 40.0 Å². The number of hydrogen-bond donors (Lipinski definition) is 1. The van der Waals surface area contributed by atoms with Crippen LogP contribution in [0, 0.1) is 0 Å². The van der Waals surface area contributed by atoms with Crippen molar-refractivity contribution in [2.45, 2.75) is 19.4 Å². The molecule has 1 saturated heterocycles. The van der Waals surface area contributed by atoms with E-state index in [0.29, 0.717) is 0 Å². The highest BCUT2D eigenvalue weighted by molar-refractivity contribution is 9.11. The van der Waals surface area contributed by atoms with E-state index in [2.05, 4.69) is 84.5 Å². The van der Waals surface area contributed by atoms with E-state index in [1.165, 1.54) is 37.2 Å². The highest BCUT2D eigenvalue weighted by atomic mass is 79.9. The van der Waals surface area contributed by atoms with E-state index in [9.17, 15) is 0 Å². The summed E-state index contributed by atoms with van der Waals surface area (Å²) in [5.74, 6) is 0. The maximum absolute atomic E-state index is 3.60. The molecule has 110 valence electrons. The molecule has 0 atom stereocenters. The lowest BCUT2D eigenvalue weighted by Crippen LogP contribution is -2.19. The fraction of sp³-hybridized carbons (Fsp3) is 0.294. The summed E-state index contributed by atoms with van der Waals surface area (Å²) in [5, 5.41) is 3.53. The first-order valence-corrected chi connectivity index (χ1v) is 8.84. The van der Waals surface area contributed by atoms with Gasteiger partial charge in [0.2, 0.25) is 0 Å². The Hall–Kier alpha value is -1.00. The van der Waals surface area contributed by atoms with Crippen molar-refractivity contribution >= 4 is 43.2 Å². The monoisotopic (exact) mass is 408 g/mol. The van der Waals surface area contributed by atoms with Gasteiger partial charge in [0.15, 0.2) is 0 Å². The van der Waals surface area contributed by atoms with Crippen LogP contribution < -0.4 is 10.2 Å². The van der Waals surface area contributed by atoms with Crippen LogP contribution in [0.2, 0.25) is 0 Å². The van der Waals surface area contributed by atoms with Crippen molar-refractivity contribution in [2.75, 3.05) is 23.3 Å². The minimum Gasteiger partial charge on any atom is -0.380 e. The zero-order valence-electron chi connectivity index (χ0n) is 11.8.